The number of hydrogen-bond donors (Lipinski definition) is 2. The number of nitrogens with zero attached hydrogens (tertiary/aromatic N) is 2. The van der Waals surface area contributed by atoms with Crippen LogP contribution in [0.15, 0.2) is 48.7 Å². The van der Waals surface area contributed by atoms with Crippen LogP contribution in [0.1, 0.15) is 24.0 Å². The highest BCUT2D eigenvalue weighted by molar-refractivity contribution is 5.85. The maximum Gasteiger partial charge on any atom is 0.239 e. The Morgan fingerprint density at radius 3 is 2.50 bits per heavy atom. The average Bonchev–Trinajstić information content (AvgIpc) is 3.21. The molecule has 1 saturated heterocycles. The van der Waals surface area contributed by atoms with E-state index in [1.165, 1.54) is 12.8 Å². The molecule has 1 aromatic carbocycles. The fourth-order valence-electron chi connectivity index (χ4n) is 2.98. The summed E-state index contributed by atoms with van der Waals surface area (Å²) < 4.78 is 0. The van der Waals surface area contributed by atoms with Crippen molar-refractivity contribution in [3.8, 4) is 0 Å². The molecule has 2 N–H and O–H groups in total. The number of amides is 2. The van der Waals surface area contributed by atoms with Gasteiger partial charge < -0.3 is 15.5 Å². The Balaban J connectivity index is 1.41. The summed E-state index contributed by atoms with van der Waals surface area (Å²) >= 11 is 0. The highest BCUT2D eigenvalue weighted by Gasteiger charge is 2.13. The van der Waals surface area contributed by atoms with Crippen molar-refractivity contribution >= 4 is 17.6 Å². The van der Waals surface area contributed by atoms with Gasteiger partial charge in [0, 0.05) is 25.8 Å². The van der Waals surface area contributed by atoms with Crippen LogP contribution in [-0.4, -0.2) is 36.4 Å². The highest BCUT2D eigenvalue weighted by Crippen LogP contribution is 2.18. The molecule has 2 heterocycles. The van der Waals surface area contributed by atoms with Crippen LogP contribution < -0.4 is 15.5 Å². The number of hydrogen-bond acceptors (Lipinski definition) is 4. The first-order chi connectivity index (χ1) is 12.7. The van der Waals surface area contributed by atoms with Gasteiger partial charge in [-0.15, -0.1) is 0 Å². The van der Waals surface area contributed by atoms with E-state index in [0.29, 0.717) is 6.54 Å². The fourth-order valence-corrected chi connectivity index (χ4v) is 2.98. The first-order valence-corrected chi connectivity index (χ1v) is 8.98. The predicted molar refractivity (Wildman–Crippen MR) is 101 cm³/mol. The summed E-state index contributed by atoms with van der Waals surface area (Å²) in [6, 6.07) is 13.4. The van der Waals surface area contributed by atoms with Gasteiger partial charge in [-0.3, -0.25) is 9.59 Å². The maximum atomic E-state index is 12.0. The lowest BCUT2D eigenvalue weighted by molar-refractivity contribution is -0.125. The molecule has 1 aliphatic rings. The monoisotopic (exact) mass is 352 g/mol. The Labute approximate surface area is 153 Å². The van der Waals surface area contributed by atoms with Crippen LogP contribution in [0.5, 0.6) is 0 Å². The zero-order chi connectivity index (χ0) is 18.2. The first-order valence-electron chi connectivity index (χ1n) is 8.98. The summed E-state index contributed by atoms with van der Waals surface area (Å²) in [5, 5.41) is 5.49. The van der Waals surface area contributed by atoms with E-state index >= 15 is 0 Å². The second-order valence-corrected chi connectivity index (χ2v) is 6.43. The number of carbonyl (C=O) groups is 2. The van der Waals surface area contributed by atoms with Crippen LogP contribution in [0, 0.1) is 0 Å². The van der Waals surface area contributed by atoms with E-state index < -0.39 is 0 Å². The van der Waals surface area contributed by atoms with Gasteiger partial charge in [0.1, 0.15) is 5.82 Å². The third kappa shape index (κ3) is 5.31. The molecule has 0 aliphatic carbocycles. The summed E-state index contributed by atoms with van der Waals surface area (Å²) in [7, 11) is 0. The maximum absolute atomic E-state index is 12.0. The molecule has 6 heteroatoms. The van der Waals surface area contributed by atoms with Gasteiger partial charge in [-0.1, -0.05) is 30.3 Å². The Morgan fingerprint density at radius 2 is 1.73 bits per heavy atom. The smallest absolute Gasteiger partial charge is 0.239 e. The van der Waals surface area contributed by atoms with Crippen LogP contribution in [0.3, 0.4) is 0 Å². The molecule has 0 unspecified atom stereocenters. The van der Waals surface area contributed by atoms with E-state index in [-0.39, 0.29) is 24.8 Å². The number of benzene rings is 1. The van der Waals surface area contributed by atoms with Gasteiger partial charge in [-0.2, -0.15) is 0 Å². The number of aromatic nitrogens is 1. The van der Waals surface area contributed by atoms with Crippen LogP contribution in [-0.2, 0) is 22.6 Å². The molecule has 0 radical (unpaired) electrons. The standard InChI is InChI=1S/C20H24N4O2/c25-19(13-16-6-2-1-3-7-16)23-15-20(26)22-14-17-8-9-21-18(12-17)24-10-4-5-11-24/h1-3,6-9,12H,4-5,10-11,13-15H2,(H,22,26)(H,23,25). The molecule has 26 heavy (non-hydrogen) atoms. The van der Waals surface area contributed by atoms with Crippen molar-refractivity contribution in [2.45, 2.75) is 25.8 Å². The van der Waals surface area contributed by atoms with Crippen molar-refractivity contribution in [1.29, 1.82) is 0 Å². The van der Waals surface area contributed by atoms with Gasteiger partial charge in [0.25, 0.3) is 0 Å². The largest absolute Gasteiger partial charge is 0.357 e. The molecule has 2 amide bonds. The van der Waals surface area contributed by atoms with Gasteiger partial charge in [0.05, 0.1) is 13.0 Å². The molecule has 1 aliphatic heterocycles. The fraction of sp³-hybridized carbons (Fsp3) is 0.350. The second kappa shape index (κ2) is 8.99. The van der Waals surface area contributed by atoms with Crippen LogP contribution in [0.4, 0.5) is 5.82 Å². The molecule has 6 nitrogen and oxygen atoms in total. The number of pyridine rings is 1. The molecule has 1 aromatic heterocycles. The van der Waals surface area contributed by atoms with Gasteiger partial charge in [0.15, 0.2) is 0 Å². The van der Waals surface area contributed by atoms with E-state index in [2.05, 4.69) is 20.5 Å². The van der Waals surface area contributed by atoms with E-state index in [4.69, 9.17) is 0 Å². The summed E-state index contributed by atoms with van der Waals surface area (Å²) in [6.45, 7) is 2.49. The van der Waals surface area contributed by atoms with Gasteiger partial charge in [-0.25, -0.2) is 4.98 Å². The van der Waals surface area contributed by atoms with Crippen molar-refractivity contribution in [2.24, 2.45) is 0 Å². The number of rotatable bonds is 7. The van der Waals surface area contributed by atoms with Crippen molar-refractivity contribution in [3.05, 3.63) is 59.8 Å². The zero-order valence-electron chi connectivity index (χ0n) is 14.8. The molecular weight excluding hydrogens is 328 g/mol. The third-order valence-corrected chi connectivity index (χ3v) is 4.38. The van der Waals surface area contributed by atoms with Crippen LogP contribution in [0.2, 0.25) is 0 Å². The van der Waals surface area contributed by atoms with Crippen LogP contribution in [0.25, 0.3) is 0 Å². The minimum absolute atomic E-state index is 0.0181. The molecule has 0 atom stereocenters. The molecule has 0 bridgehead atoms. The quantitative estimate of drug-likeness (QED) is 0.795. The topological polar surface area (TPSA) is 74.3 Å². The van der Waals surface area contributed by atoms with E-state index in [1.807, 2.05) is 42.5 Å². The molecule has 0 saturated carbocycles. The van der Waals surface area contributed by atoms with E-state index in [9.17, 15) is 9.59 Å². The van der Waals surface area contributed by atoms with Crippen molar-refractivity contribution in [1.82, 2.24) is 15.6 Å². The Bertz CT molecular complexity index is 742. The lowest BCUT2D eigenvalue weighted by Gasteiger charge is -2.17. The van der Waals surface area contributed by atoms with Gasteiger partial charge in [0.2, 0.25) is 11.8 Å². The summed E-state index contributed by atoms with van der Waals surface area (Å²) in [5.41, 5.74) is 1.93. The van der Waals surface area contributed by atoms with E-state index in [1.54, 1.807) is 6.20 Å². The molecular formula is C20H24N4O2. The molecule has 1 fully saturated rings. The zero-order valence-corrected chi connectivity index (χ0v) is 14.8. The number of anilines is 1. The highest BCUT2D eigenvalue weighted by atomic mass is 16.2. The summed E-state index contributed by atoms with van der Waals surface area (Å²) in [6.07, 6.45) is 4.45. The molecule has 0 spiro atoms. The molecule has 3 rings (SSSR count). The Morgan fingerprint density at radius 1 is 0.962 bits per heavy atom. The lowest BCUT2D eigenvalue weighted by atomic mass is 10.1. The molecule has 136 valence electrons. The number of carbonyl (C=O) groups excluding carboxylic acids is 2. The predicted octanol–water partition coefficient (Wildman–Crippen LogP) is 1.66. The van der Waals surface area contributed by atoms with Crippen molar-refractivity contribution in [2.75, 3.05) is 24.5 Å². The minimum atomic E-state index is -0.203. The van der Waals surface area contributed by atoms with E-state index in [0.717, 1.165) is 30.0 Å². The first kappa shape index (κ1) is 17.9. The van der Waals surface area contributed by atoms with Crippen molar-refractivity contribution in [3.63, 3.8) is 0 Å². The Kier molecular flexibility index (Phi) is 6.19. The normalized spacial score (nSPS) is 13.5. The third-order valence-electron chi connectivity index (χ3n) is 4.38. The summed E-state index contributed by atoms with van der Waals surface area (Å²) in [5.74, 6) is 0.600. The van der Waals surface area contributed by atoms with Crippen LogP contribution >= 0.6 is 0 Å². The van der Waals surface area contributed by atoms with Gasteiger partial charge >= 0.3 is 0 Å². The van der Waals surface area contributed by atoms with Crippen molar-refractivity contribution < 1.29 is 9.59 Å². The average molecular weight is 352 g/mol. The SMILES string of the molecule is O=C(CNC(=O)Cc1ccccc1)NCc1ccnc(N2CCCC2)c1. The lowest BCUT2D eigenvalue weighted by Crippen LogP contribution is -2.37. The Hall–Kier alpha value is -2.89. The second-order valence-electron chi connectivity index (χ2n) is 6.43. The number of nitrogens with one attached hydrogen (secondary N) is 2. The van der Waals surface area contributed by atoms with Gasteiger partial charge in [-0.05, 0) is 36.1 Å². The summed E-state index contributed by atoms with van der Waals surface area (Å²) in [4.78, 5) is 30.5. The molecule has 2 aromatic rings. The minimum Gasteiger partial charge on any atom is -0.357 e.